The zero-order valence-corrected chi connectivity index (χ0v) is 15.8. The summed E-state index contributed by atoms with van der Waals surface area (Å²) < 4.78 is 11.1. The fourth-order valence-electron chi connectivity index (χ4n) is 3.32. The van der Waals surface area contributed by atoms with Gasteiger partial charge in [-0.1, -0.05) is 30.3 Å². The molecule has 2 aromatic carbocycles. The fraction of sp³-hybridized carbons (Fsp3) is 0.286. The van der Waals surface area contributed by atoms with Crippen molar-refractivity contribution >= 4 is 16.8 Å². The molecule has 6 heteroatoms. The molecular formula is C21H25N3O3. The Balaban J connectivity index is 2.09. The Morgan fingerprint density at radius 3 is 2.59 bits per heavy atom. The first-order valence-electron chi connectivity index (χ1n) is 8.87. The number of methoxy groups -OCH3 is 2. The number of amides is 1. The van der Waals surface area contributed by atoms with E-state index in [1.54, 1.807) is 21.1 Å². The molecule has 0 saturated carbocycles. The van der Waals surface area contributed by atoms with Crippen LogP contribution in [0.4, 0.5) is 0 Å². The van der Waals surface area contributed by atoms with Gasteiger partial charge in [0.1, 0.15) is 0 Å². The van der Waals surface area contributed by atoms with Gasteiger partial charge in [-0.3, -0.25) is 4.79 Å². The molecule has 142 valence electrons. The van der Waals surface area contributed by atoms with E-state index in [4.69, 9.17) is 15.2 Å². The van der Waals surface area contributed by atoms with E-state index in [1.165, 1.54) is 0 Å². The third kappa shape index (κ3) is 3.75. The number of hydrogen-bond donors (Lipinski definition) is 3. The number of hydrogen-bond acceptors (Lipinski definition) is 4. The lowest BCUT2D eigenvalue weighted by atomic mass is 9.89. The largest absolute Gasteiger partial charge is 0.493 e. The number of benzene rings is 2. The predicted molar refractivity (Wildman–Crippen MR) is 106 cm³/mol. The molecular weight excluding hydrogens is 342 g/mol. The van der Waals surface area contributed by atoms with Crippen molar-refractivity contribution in [2.24, 2.45) is 5.73 Å². The second-order valence-corrected chi connectivity index (χ2v) is 6.46. The van der Waals surface area contributed by atoms with Gasteiger partial charge in [0, 0.05) is 35.1 Å². The van der Waals surface area contributed by atoms with Gasteiger partial charge in [0.25, 0.3) is 0 Å². The van der Waals surface area contributed by atoms with Crippen LogP contribution in [-0.2, 0) is 4.79 Å². The Morgan fingerprint density at radius 2 is 1.89 bits per heavy atom. The smallest absolute Gasteiger partial charge is 0.236 e. The maximum Gasteiger partial charge on any atom is 0.236 e. The molecule has 27 heavy (non-hydrogen) atoms. The summed E-state index contributed by atoms with van der Waals surface area (Å²) in [6, 6.07) is 13.3. The quantitative estimate of drug-likeness (QED) is 0.599. The van der Waals surface area contributed by atoms with Gasteiger partial charge in [-0.25, -0.2) is 0 Å². The van der Waals surface area contributed by atoms with Crippen molar-refractivity contribution in [3.63, 3.8) is 0 Å². The Bertz CT molecular complexity index is 933. The Labute approximate surface area is 158 Å². The third-order valence-corrected chi connectivity index (χ3v) is 4.70. The van der Waals surface area contributed by atoms with Crippen LogP contribution in [0.25, 0.3) is 10.9 Å². The van der Waals surface area contributed by atoms with Crippen LogP contribution in [-0.4, -0.2) is 37.7 Å². The van der Waals surface area contributed by atoms with E-state index in [-0.39, 0.29) is 11.8 Å². The standard InChI is InChI=1S/C21H25N3O3/c1-13(22)21(25)24-12-17(15-8-6-10-19(26-2)20(15)27-3)16-11-23-18-9-5-4-7-14(16)18/h4-11,13,17,23H,12,22H2,1-3H3,(H,24,25)/t13-,17?/m1/s1. The number of para-hydroxylation sites is 2. The van der Waals surface area contributed by atoms with Gasteiger partial charge in [0.15, 0.2) is 11.5 Å². The first-order valence-corrected chi connectivity index (χ1v) is 8.87. The van der Waals surface area contributed by atoms with Gasteiger partial charge in [-0.2, -0.15) is 0 Å². The number of fused-ring (bicyclic) bond motifs is 1. The Morgan fingerprint density at radius 1 is 1.11 bits per heavy atom. The first kappa shape index (κ1) is 18.8. The zero-order valence-electron chi connectivity index (χ0n) is 15.8. The highest BCUT2D eigenvalue weighted by Gasteiger charge is 2.24. The van der Waals surface area contributed by atoms with E-state index >= 15 is 0 Å². The summed E-state index contributed by atoms with van der Waals surface area (Å²) in [7, 11) is 3.23. The molecule has 0 spiro atoms. The number of carbonyl (C=O) groups excluding carboxylic acids is 1. The van der Waals surface area contributed by atoms with Crippen LogP contribution >= 0.6 is 0 Å². The molecule has 3 aromatic rings. The molecule has 3 rings (SSSR count). The molecule has 0 bridgehead atoms. The van der Waals surface area contributed by atoms with Crippen LogP contribution in [0.15, 0.2) is 48.7 Å². The lowest BCUT2D eigenvalue weighted by Gasteiger charge is -2.22. The molecule has 0 saturated heterocycles. The Kier molecular flexibility index (Phi) is 5.66. The predicted octanol–water partition coefficient (Wildman–Crippen LogP) is 2.78. The molecule has 0 aliphatic rings. The lowest BCUT2D eigenvalue weighted by molar-refractivity contribution is -0.122. The summed E-state index contributed by atoms with van der Waals surface area (Å²) in [5.41, 5.74) is 8.76. The molecule has 4 N–H and O–H groups in total. The second kappa shape index (κ2) is 8.14. The number of aromatic amines is 1. The van der Waals surface area contributed by atoms with Gasteiger partial charge in [-0.05, 0) is 24.6 Å². The normalized spacial score (nSPS) is 13.2. The molecule has 1 heterocycles. The zero-order chi connectivity index (χ0) is 19.4. The van der Waals surface area contributed by atoms with Crippen molar-refractivity contribution in [3.05, 3.63) is 59.8 Å². The van der Waals surface area contributed by atoms with E-state index in [0.29, 0.717) is 18.0 Å². The van der Waals surface area contributed by atoms with Crippen LogP contribution in [0.2, 0.25) is 0 Å². The fourth-order valence-corrected chi connectivity index (χ4v) is 3.32. The highest BCUT2D eigenvalue weighted by Crippen LogP contribution is 2.40. The van der Waals surface area contributed by atoms with Crippen molar-refractivity contribution in [2.75, 3.05) is 20.8 Å². The monoisotopic (exact) mass is 367 g/mol. The van der Waals surface area contributed by atoms with Crippen LogP contribution in [0.1, 0.15) is 24.0 Å². The van der Waals surface area contributed by atoms with E-state index < -0.39 is 6.04 Å². The summed E-state index contributed by atoms with van der Waals surface area (Å²) in [6.07, 6.45) is 1.98. The van der Waals surface area contributed by atoms with Gasteiger partial charge in [-0.15, -0.1) is 0 Å². The van der Waals surface area contributed by atoms with Crippen molar-refractivity contribution in [2.45, 2.75) is 18.9 Å². The van der Waals surface area contributed by atoms with Gasteiger partial charge in [0.2, 0.25) is 5.91 Å². The van der Waals surface area contributed by atoms with E-state index in [2.05, 4.69) is 16.4 Å². The second-order valence-electron chi connectivity index (χ2n) is 6.46. The number of ether oxygens (including phenoxy) is 2. The molecule has 0 aliphatic heterocycles. The van der Waals surface area contributed by atoms with Crippen molar-refractivity contribution in [1.82, 2.24) is 10.3 Å². The molecule has 0 radical (unpaired) electrons. The van der Waals surface area contributed by atoms with Crippen molar-refractivity contribution in [3.8, 4) is 11.5 Å². The minimum Gasteiger partial charge on any atom is -0.493 e. The molecule has 2 atom stereocenters. The average molecular weight is 367 g/mol. The molecule has 1 unspecified atom stereocenters. The Hall–Kier alpha value is -2.99. The van der Waals surface area contributed by atoms with Gasteiger partial charge >= 0.3 is 0 Å². The van der Waals surface area contributed by atoms with Crippen LogP contribution in [0, 0.1) is 0 Å². The molecule has 1 amide bonds. The topological polar surface area (TPSA) is 89.4 Å². The van der Waals surface area contributed by atoms with E-state index in [9.17, 15) is 4.79 Å². The van der Waals surface area contributed by atoms with Crippen LogP contribution in [0.3, 0.4) is 0 Å². The summed E-state index contributed by atoms with van der Waals surface area (Å²) in [4.78, 5) is 15.4. The maximum absolute atomic E-state index is 12.1. The average Bonchev–Trinajstić information content (AvgIpc) is 3.11. The number of carbonyl (C=O) groups is 1. The summed E-state index contributed by atoms with van der Waals surface area (Å²) >= 11 is 0. The van der Waals surface area contributed by atoms with Gasteiger partial charge in [0.05, 0.1) is 20.3 Å². The molecule has 0 fully saturated rings. The summed E-state index contributed by atoms with van der Waals surface area (Å²) in [5.74, 6) is 0.985. The molecule has 0 aliphatic carbocycles. The van der Waals surface area contributed by atoms with Crippen LogP contribution < -0.4 is 20.5 Å². The van der Waals surface area contributed by atoms with E-state index in [0.717, 1.165) is 22.0 Å². The highest BCUT2D eigenvalue weighted by atomic mass is 16.5. The maximum atomic E-state index is 12.1. The molecule has 6 nitrogen and oxygen atoms in total. The van der Waals surface area contributed by atoms with Crippen LogP contribution in [0.5, 0.6) is 11.5 Å². The number of H-pyrrole nitrogens is 1. The number of rotatable bonds is 7. The van der Waals surface area contributed by atoms with Gasteiger partial charge < -0.3 is 25.5 Å². The number of aromatic nitrogens is 1. The van der Waals surface area contributed by atoms with Crippen molar-refractivity contribution < 1.29 is 14.3 Å². The minimum absolute atomic E-state index is 0.131. The van der Waals surface area contributed by atoms with Crippen molar-refractivity contribution in [1.29, 1.82) is 0 Å². The lowest BCUT2D eigenvalue weighted by Crippen LogP contribution is -2.40. The minimum atomic E-state index is -0.569. The highest BCUT2D eigenvalue weighted by molar-refractivity contribution is 5.85. The summed E-state index contributed by atoms with van der Waals surface area (Å²) in [5, 5.41) is 4.05. The summed E-state index contributed by atoms with van der Waals surface area (Å²) in [6.45, 7) is 2.06. The SMILES string of the molecule is COc1cccc(C(CNC(=O)[C@@H](C)N)c2c[nH]c3ccccc23)c1OC. The first-order chi connectivity index (χ1) is 13.1. The third-order valence-electron chi connectivity index (χ3n) is 4.70. The molecule has 1 aromatic heterocycles. The number of nitrogens with two attached hydrogens (primary N) is 1. The van der Waals surface area contributed by atoms with E-state index in [1.807, 2.05) is 42.6 Å². The number of nitrogens with one attached hydrogen (secondary N) is 2.